The van der Waals surface area contributed by atoms with Crippen LogP contribution in [0.15, 0.2) is 17.0 Å². The molecular weight excluding hydrogens is 493 g/mol. The molecule has 1 N–H and O–H groups in total. The molecular formula is C16H14INO8S. The number of carboxylic acids is 1. The van der Waals surface area contributed by atoms with E-state index >= 15 is 0 Å². The number of thioether (sulfide) groups is 1. The lowest BCUT2D eigenvalue weighted by atomic mass is 10.2. The number of nitrogens with zero attached hydrogens (tertiary/aromatic N) is 1. The first-order chi connectivity index (χ1) is 12.8. The summed E-state index contributed by atoms with van der Waals surface area (Å²) >= 11 is 2.64. The monoisotopic (exact) mass is 507 g/mol. The molecule has 9 nitrogen and oxygen atoms in total. The first-order valence-corrected chi connectivity index (χ1v) is 9.20. The van der Waals surface area contributed by atoms with Gasteiger partial charge in [-0.1, -0.05) is 0 Å². The number of carbonyl (C=O) groups is 4. The molecule has 0 saturated carbocycles. The highest BCUT2D eigenvalue weighted by molar-refractivity contribution is 14.1. The topological polar surface area (TPSA) is 119 Å². The first-order valence-electron chi connectivity index (χ1n) is 7.31. The van der Waals surface area contributed by atoms with Crippen LogP contribution in [0.3, 0.4) is 0 Å². The molecule has 0 spiro atoms. The van der Waals surface area contributed by atoms with Gasteiger partial charge in [-0.15, -0.1) is 0 Å². The highest BCUT2D eigenvalue weighted by Gasteiger charge is 2.36. The molecule has 0 aromatic heterocycles. The molecule has 2 rings (SSSR count). The number of methoxy groups -OCH3 is 2. The summed E-state index contributed by atoms with van der Waals surface area (Å²) in [6.07, 6.45) is 1.46. The van der Waals surface area contributed by atoms with Crippen molar-refractivity contribution >= 4 is 63.5 Å². The van der Waals surface area contributed by atoms with E-state index in [1.54, 1.807) is 12.1 Å². The van der Waals surface area contributed by atoms with Gasteiger partial charge in [0.1, 0.15) is 6.54 Å². The molecule has 1 aromatic carbocycles. The lowest BCUT2D eigenvalue weighted by Gasteiger charge is -2.13. The van der Waals surface area contributed by atoms with Crippen LogP contribution in [0.2, 0.25) is 0 Å². The van der Waals surface area contributed by atoms with Crippen LogP contribution < -0.4 is 9.47 Å². The van der Waals surface area contributed by atoms with Crippen molar-refractivity contribution in [1.82, 2.24) is 4.90 Å². The van der Waals surface area contributed by atoms with Crippen molar-refractivity contribution in [2.24, 2.45) is 0 Å². The maximum atomic E-state index is 12.2. The number of esters is 1. The van der Waals surface area contributed by atoms with Crippen LogP contribution in [0.25, 0.3) is 6.08 Å². The van der Waals surface area contributed by atoms with Gasteiger partial charge in [0.15, 0.2) is 18.1 Å². The number of aliphatic carboxylic acids is 1. The highest BCUT2D eigenvalue weighted by Crippen LogP contribution is 2.37. The van der Waals surface area contributed by atoms with Gasteiger partial charge in [-0.2, -0.15) is 0 Å². The van der Waals surface area contributed by atoms with Crippen molar-refractivity contribution < 1.29 is 38.5 Å². The van der Waals surface area contributed by atoms with Gasteiger partial charge in [0, 0.05) is 0 Å². The van der Waals surface area contributed by atoms with E-state index in [2.05, 4.69) is 4.74 Å². The van der Waals surface area contributed by atoms with E-state index < -0.39 is 29.6 Å². The number of ether oxygens (including phenoxy) is 3. The second kappa shape index (κ2) is 9.08. The summed E-state index contributed by atoms with van der Waals surface area (Å²) in [5, 5.41) is 8.14. The summed E-state index contributed by atoms with van der Waals surface area (Å²) in [4.78, 5) is 46.8. The van der Waals surface area contributed by atoms with Gasteiger partial charge in [0.05, 0.1) is 22.7 Å². The summed E-state index contributed by atoms with van der Waals surface area (Å²) in [5.41, 5.74) is 0.544. The number of rotatable bonds is 7. The van der Waals surface area contributed by atoms with Crippen molar-refractivity contribution in [3.05, 3.63) is 26.2 Å². The Morgan fingerprint density at radius 2 is 2.00 bits per heavy atom. The molecule has 1 aromatic rings. The summed E-state index contributed by atoms with van der Waals surface area (Å²) in [6.45, 7) is -0.987. The van der Waals surface area contributed by atoms with E-state index in [1.165, 1.54) is 20.3 Å². The van der Waals surface area contributed by atoms with Crippen molar-refractivity contribution in [2.75, 3.05) is 27.4 Å². The molecule has 1 fully saturated rings. The Hall–Kier alpha value is -2.28. The van der Waals surface area contributed by atoms with Gasteiger partial charge in [-0.3, -0.25) is 19.3 Å². The van der Waals surface area contributed by atoms with E-state index in [4.69, 9.17) is 14.6 Å². The number of benzene rings is 1. The second-order valence-corrected chi connectivity index (χ2v) is 7.22. The third-order valence-corrected chi connectivity index (χ3v) is 4.99. The summed E-state index contributed by atoms with van der Waals surface area (Å²) in [7, 11) is 2.66. The van der Waals surface area contributed by atoms with Crippen molar-refractivity contribution in [1.29, 1.82) is 0 Å². The van der Waals surface area contributed by atoms with Crippen LogP contribution in [-0.4, -0.2) is 60.5 Å². The number of amides is 2. The quantitative estimate of drug-likeness (QED) is 0.336. The van der Waals surface area contributed by atoms with Gasteiger partial charge >= 0.3 is 11.9 Å². The lowest BCUT2D eigenvalue weighted by Crippen LogP contribution is -2.33. The highest BCUT2D eigenvalue weighted by atomic mass is 127. The average Bonchev–Trinajstić information content (AvgIpc) is 2.87. The molecule has 11 heteroatoms. The molecule has 0 atom stereocenters. The van der Waals surface area contributed by atoms with E-state index in [0.717, 1.165) is 0 Å². The van der Waals surface area contributed by atoms with Gasteiger partial charge in [0.2, 0.25) is 0 Å². The Kier molecular flexibility index (Phi) is 7.07. The van der Waals surface area contributed by atoms with Crippen molar-refractivity contribution in [3.8, 4) is 11.5 Å². The molecule has 1 aliphatic rings. The molecule has 0 aliphatic carbocycles. The van der Waals surface area contributed by atoms with Crippen LogP contribution in [-0.2, 0) is 19.1 Å². The molecule has 0 unspecified atom stereocenters. The van der Waals surface area contributed by atoms with Crippen molar-refractivity contribution in [3.63, 3.8) is 0 Å². The van der Waals surface area contributed by atoms with E-state index in [9.17, 15) is 19.2 Å². The predicted molar refractivity (Wildman–Crippen MR) is 104 cm³/mol. The number of halogens is 1. The van der Waals surface area contributed by atoms with Gasteiger partial charge in [-0.25, -0.2) is 4.79 Å². The smallest absolute Gasteiger partial charge is 0.343 e. The van der Waals surface area contributed by atoms with Crippen LogP contribution in [0.1, 0.15) is 5.56 Å². The van der Waals surface area contributed by atoms with Gasteiger partial charge < -0.3 is 19.3 Å². The maximum absolute atomic E-state index is 12.2. The largest absolute Gasteiger partial charge is 0.493 e. The van der Waals surface area contributed by atoms with Crippen molar-refractivity contribution in [2.45, 2.75) is 0 Å². The molecule has 144 valence electrons. The number of carboxylic acid groups (broad SMARTS) is 1. The Morgan fingerprint density at radius 3 is 2.59 bits per heavy atom. The number of hydrogen-bond donors (Lipinski definition) is 1. The third-order valence-electron chi connectivity index (χ3n) is 3.28. The van der Waals surface area contributed by atoms with E-state index in [1.807, 2.05) is 22.6 Å². The zero-order valence-electron chi connectivity index (χ0n) is 14.2. The molecule has 1 saturated heterocycles. The summed E-state index contributed by atoms with van der Waals surface area (Å²) in [6, 6.07) is 3.24. The normalized spacial score (nSPS) is 15.2. The van der Waals surface area contributed by atoms with E-state index in [-0.39, 0.29) is 11.5 Å². The minimum Gasteiger partial charge on any atom is -0.493 e. The third kappa shape index (κ3) is 5.13. The Bertz CT molecular complexity index is 838. The van der Waals surface area contributed by atoms with Crippen LogP contribution in [0.5, 0.6) is 11.5 Å². The predicted octanol–water partition coefficient (Wildman–Crippen LogP) is 1.97. The van der Waals surface area contributed by atoms with Crippen LogP contribution in [0.4, 0.5) is 4.79 Å². The number of imide groups is 1. The minimum atomic E-state index is -1.28. The van der Waals surface area contributed by atoms with E-state index in [0.29, 0.717) is 37.3 Å². The number of hydrogen-bond acceptors (Lipinski definition) is 8. The minimum absolute atomic E-state index is 0.0994. The molecule has 1 aliphatic heterocycles. The maximum Gasteiger partial charge on any atom is 0.343 e. The van der Waals surface area contributed by atoms with Crippen LogP contribution >= 0.6 is 34.4 Å². The summed E-state index contributed by atoms with van der Waals surface area (Å²) < 4.78 is 15.8. The second-order valence-electron chi connectivity index (χ2n) is 5.06. The fraction of sp³-hybridized carbons (Fsp3) is 0.250. The SMILES string of the molecule is COC(=O)COc1c(I)cc(/C=C2/SC(=O)N(CC(=O)O)C2=O)cc1OC. The molecule has 27 heavy (non-hydrogen) atoms. The Balaban J connectivity index is 2.29. The lowest BCUT2D eigenvalue weighted by molar-refractivity contribution is -0.143. The van der Waals surface area contributed by atoms with Crippen LogP contribution in [0, 0.1) is 3.57 Å². The first kappa shape index (κ1) is 21.0. The summed E-state index contributed by atoms with van der Waals surface area (Å²) in [5.74, 6) is -1.85. The van der Waals surface area contributed by atoms with Gasteiger partial charge in [0.25, 0.3) is 11.1 Å². The average molecular weight is 507 g/mol. The fourth-order valence-electron chi connectivity index (χ4n) is 2.08. The molecule has 2 amide bonds. The Labute approximate surface area is 171 Å². The van der Waals surface area contributed by atoms with Gasteiger partial charge in [-0.05, 0) is 58.1 Å². The number of carbonyl (C=O) groups excluding carboxylic acids is 3. The fourth-order valence-corrected chi connectivity index (χ4v) is 3.70. The molecule has 1 heterocycles. The zero-order chi connectivity index (χ0) is 20.1. The molecule has 0 bridgehead atoms. The standard InChI is InChI=1S/C16H14INO8S/c1-24-10-4-8(3-9(17)14(10)26-7-13(21)25-2)5-11-15(22)18(6-12(19)20)16(23)27-11/h3-5H,6-7H2,1-2H3,(H,19,20)/b11-5+. The zero-order valence-corrected chi connectivity index (χ0v) is 17.2. The molecule has 0 radical (unpaired) electrons. The Morgan fingerprint density at radius 1 is 1.30 bits per heavy atom.